The van der Waals surface area contributed by atoms with Crippen molar-refractivity contribution in [3.8, 4) is 0 Å². The molecule has 14 heavy (non-hydrogen) atoms. The molecule has 1 aliphatic rings. The highest BCUT2D eigenvalue weighted by Crippen LogP contribution is 2.03. The minimum atomic E-state index is 1.14. The van der Waals surface area contributed by atoms with Gasteiger partial charge >= 0.3 is 0 Å². The summed E-state index contributed by atoms with van der Waals surface area (Å²) in [6, 6.07) is 8.33. The number of H-pyrrole nitrogens is 1. The summed E-state index contributed by atoms with van der Waals surface area (Å²) >= 11 is 0. The van der Waals surface area contributed by atoms with Crippen molar-refractivity contribution in [1.82, 2.24) is 10.3 Å². The summed E-state index contributed by atoms with van der Waals surface area (Å²) in [6.07, 6.45) is 8.03. The average molecular weight is 182 g/mol. The first-order valence-corrected chi connectivity index (χ1v) is 4.65. The van der Waals surface area contributed by atoms with E-state index in [4.69, 9.17) is 0 Å². The highest BCUT2D eigenvalue weighted by Gasteiger charge is 1.98. The molecule has 1 aromatic heterocycles. The zero-order valence-electron chi connectivity index (χ0n) is 7.62. The number of aromatic nitrogens is 1. The minimum absolute atomic E-state index is 1.14. The van der Waals surface area contributed by atoms with Gasteiger partial charge in [-0.15, -0.1) is 0 Å². The van der Waals surface area contributed by atoms with E-state index in [0.29, 0.717) is 0 Å². The molecule has 0 spiro atoms. The maximum absolute atomic E-state index is 3.37. The van der Waals surface area contributed by atoms with E-state index in [9.17, 15) is 0 Å². The Kier molecular flexibility index (Phi) is 1.47. The molecule has 0 saturated carbocycles. The Labute approximate surface area is 81.3 Å². The van der Waals surface area contributed by atoms with Crippen LogP contribution in [0, 0.1) is 0 Å². The van der Waals surface area contributed by atoms with Crippen molar-refractivity contribution in [2.75, 3.05) is 0 Å². The van der Waals surface area contributed by atoms with E-state index in [-0.39, 0.29) is 0 Å². The lowest BCUT2D eigenvalue weighted by Gasteiger charge is -1.85. The van der Waals surface area contributed by atoms with Crippen LogP contribution < -0.4 is 15.9 Å². The summed E-state index contributed by atoms with van der Waals surface area (Å²) in [5.41, 5.74) is 1.18. The van der Waals surface area contributed by atoms with Crippen molar-refractivity contribution >= 4 is 23.2 Å². The van der Waals surface area contributed by atoms with Crippen LogP contribution in [0.3, 0.4) is 0 Å². The summed E-state index contributed by atoms with van der Waals surface area (Å²) in [6.45, 7) is 0. The van der Waals surface area contributed by atoms with E-state index < -0.39 is 0 Å². The molecule has 1 aliphatic heterocycles. The van der Waals surface area contributed by atoms with Crippen molar-refractivity contribution < 1.29 is 0 Å². The number of para-hydroxylation sites is 1. The van der Waals surface area contributed by atoms with Gasteiger partial charge in [-0.1, -0.05) is 24.3 Å². The Hall–Kier alpha value is -1.96. The number of rotatable bonds is 0. The number of allylic oxidation sites excluding steroid dienone is 1. The molecular weight excluding hydrogens is 172 g/mol. The smallest absolute Gasteiger partial charge is 0.0627 e. The second-order valence-corrected chi connectivity index (χ2v) is 3.33. The van der Waals surface area contributed by atoms with Gasteiger partial charge in [-0.05, 0) is 12.1 Å². The summed E-state index contributed by atoms with van der Waals surface area (Å²) in [4.78, 5) is 3.37. The first-order chi connectivity index (χ1) is 6.95. The maximum atomic E-state index is 3.37. The second-order valence-electron chi connectivity index (χ2n) is 3.33. The molecule has 0 aliphatic carbocycles. The molecule has 1 aromatic carbocycles. The average Bonchev–Trinajstić information content (AvgIpc) is 2.42. The van der Waals surface area contributed by atoms with Crippen LogP contribution in [0.5, 0.6) is 0 Å². The number of fused-ring (bicyclic) bond motifs is 3. The Morgan fingerprint density at radius 1 is 1.07 bits per heavy atom. The predicted octanol–water partition coefficient (Wildman–Crippen LogP) is 0.803. The van der Waals surface area contributed by atoms with Crippen molar-refractivity contribution in [1.29, 1.82) is 0 Å². The van der Waals surface area contributed by atoms with Crippen LogP contribution in [0.4, 0.5) is 0 Å². The van der Waals surface area contributed by atoms with Gasteiger partial charge in [0.15, 0.2) is 0 Å². The van der Waals surface area contributed by atoms with E-state index in [0.717, 1.165) is 5.35 Å². The van der Waals surface area contributed by atoms with Crippen LogP contribution in [-0.4, -0.2) is 4.98 Å². The fourth-order valence-electron chi connectivity index (χ4n) is 1.81. The molecule has 0 amide bonds. The first-order valence-electron chi connectivity index (χ1n) is 4.65. The molecule has 0 atom stereocenters. The number of aromatic amines is 1. The van der Waals surface area contributed by atoms with Crippen molar-refractivity contribution in [3.05, 3.63) is 47.1 Å². The molecule has 2 aromatic rings. The van der Waals surface area contributed by atoms with E-state index >= 15 is 0 Å². The van der Waals surface area contributed by atoms with E-state index in [1.54, 1.807) is 0 Å². The molecule has 0 fully saturated rings. The van der Waals surface area contributed by atoms with Gasteiger partial charge in [0.25, 0.3) is 0 Å². The number of benzene rings is 1. The third kappa shape index (κ3) is 0.973. The predicted molar refractivity (Wildman–Crippen MR) is 58.8 cm³/mol. The highest BCUT2D eigenvalue weighted by molar-refractivity contribution is 5.81. The van der Waals surface area contributed by atoms with Crippen molar-refractivity contribution in [2.45, 2.75) is 0 Å². The Balaban J connectivity index is 2.59. The summed E-state index contributed by atoms with van der Waals surface area (Å²) in [5, 5.41) is 6.75. The third-order valence-electron chi connectivity index (χ3n) is 2.46. The molecule has 0 bridgehead atoms. The lowest BCUT2D eigenvalue weighted by atomic mass is 10.2. The molecule has 68 valence electrons. The van der Waals surface area contributed by atoms with Crippen LogP contribution in [-0.2, 0) is 0 Å². The molecule has 2 N–H and O–H groups in total. The number of hydrogen-bond acceptors (Lipinski definition) is 1. The first kappa shape index (κ1) is 7.44. The zero-order chi connectivity index (χ0) is 9.38. The number of nitrogens with one attached hydrogen (secondary N) is 2. The SMILES string of the molecule is C1=CNC=c2[nH]c3ccccc3c2=C1. The van der Waals surface area contributed by atoms with E-state index in [2.05, 4.69) is 34.6 Å². The van der Waals surface area contributed by atoms with Crippen LogP contribution in [0.1, 0.15) is 0 Å². The van der Waals surface area contributed by atoms with E-state index in [1.807, 2.05) is 24.5 Å². The monoisotopic (exact) mass is 182 g/mol. The lowest BCUT2D eigenvalue weighted by Crippen LogP contribution is -2.23. The Morgan fingerprint density at radius 3 is 3.00 bits per heavy atom. The van der Waals surface area contributed by atoms with Gasteiger partial charge in [-0.3, -0.25) is 0 Å². The van der Waals surface area contributed by atoms with Gasteiger partial charge in [0.05, 0.1) is 5.35 Å². The topological polar surface area (TPSA) is 27.8 Å². The minimum Gasteiger partial charge on any atom is -0.366 e. The van der Waals surface area contributed by atoms with Crippen molar-refractivity contribution in [2.24, 2.45) is 0 Å². The second kappa shape index (κ2) is 2.77. The fraction of sp³-hybridized carbons (Fsp3) is 0. The molecule has 0 radical (unpaired) electrons. The van der Waals surface area contributed by atoms with Gasteiger partial charge in [0, 0.05) is 28.5 Å². The van der Waals surface area contributed by atoms with Crippen molar-refractivity contribution in [3.63, 3.8) is 0 Å². The van der Waals surface area contributed by atoms with Gasteiger partial charge in [-0.25, -0.2) is 0 Å². The van der Waals surface area contributed by atoms with Gasteiger partial charge in [0.2, 0.25) is 0 Å². The quantitative estimate of drug-likeness (QED) is 0.620. The van der Waals surface area contributed by atoms with Crippen LogP contribution in [0.2, 0.25) is 0 Å². The maximum Gasteiger partial charge on any atom is 0.0627 e. The molecule has 0 saturated heterocycles. The van der Waals surface area contributed by atoms with Gasteiger partial charge < -0.3 is 10.3 Å². The molecule has 2 nitrogen and oxygen atoms in total. The van der Waals surface area contributed by atoms with Gasteiger partial charge in [0.1, 0.15) is 0 Å². The molecule has 2 heteroatoms. The molecule has 3 rings (SSSR count). The van der Waals surface area contributed by atoms with Crippen LogP contribution in [0.25, 0.3) is 23.2 Å². The summed E-state index contributed by atoms with van der Waals surface area (Å²) in [5.74, 6) is 0. The Morgan fingerprint density at radius 2 is 2.00 bits per heavy atom. The number of hydrogen-bond donors (Lipinski definition) is 2. The Bertz CT molecular complexity index is 617. The standard InChI is InChI=1S/C12H10N2/c1-2-6-11-9(4-1)10-5-3-7-13-8-12(10)14-11/h1-8,13-14H. The largest absolute Gasteiger partial charge is 0.366 e. The molecule has 0 unspecified atom stereocenters. The summed E-state index contributed by atoms with van der Waals surface area (Å²) < 4.78 is 0. The third-order valence-corrected chi connectivity index (χ3v) is 2.46. The lowest BCUT2D eigenvalue weighted by molar-refractivity contribution is 1.24. The fourth-order valence-corrected chi connectivity index (χ4v) is 1.81. The van der Waals surface area contributed by atoms with Crippen LogP contribution in [0.15, 0.2) is 36.5 Å². The molecule has 2 heterocycles. The summed E-state index contributed by atoms with van der Waals surface area (Å²) in [7, 11) is 0. The highest BCUT2D eigenvalue weighted by atomic mass is 14.8. The zero-order valence-corrected chi connectivity index (χ0v) is 7.62. The van der Waals surface area contributed by atoms with E-state index in [1.165, 1.54) is 16.1 Å². The van der Waals surface area contributed by atoms with Gasteiger partial charge in [-0.2, -0.15) is 0 Å². The van der Waals surface area contributed by atoms with Crippen LogP contribution >= 0.6 is 0 Å². The molecular formula is C12H10N2. The normalized spacial score (nSPS) is 13.7.